The van der Waals surface area contributed by atoms with Crippen molar-refractivity contribution in [2.45, 2.75) is 19.5 Å². The van der Waals surface area contributed by atoms with E-state index in [1.54, 1.807) is 0 Å². The van der Waals surface area contributed by atoms with Gasteiger partial charge >= 0.3 is 0 Å². The second-order valence-corrected chi connectivity index (χ2v) is 3.57. The van der Waals surface area contributed by atoms with E-state index in [0.29, 0.717) is 6.17 Å². The summed E-state index contributed by atoms with van der Waals surface area (Å²) in [5.41, 5.74) is 3.77. The van der Waals surface area contributed by atoms with Gasteiger partial charge in [0, 0.05) is 12.0 Å². The van der Waals surface area contributed by atoms with Gasteiger partial charge in [-0.2, -0.15) is 0 Å². The normalized spacial score (nSPS) is 22.7. The summed E-state index contributed by atoms with van der Waals surface area (Å²) in [6.07, 6.45) is 1.36. The molecule has 0 saturated heterocycles. The molecule has 2 aliphatic rings. The second kappa shape index (κ2) is 2.31. The van der Waals surface area contributed by atoms with Crippen LogP contribution >= 0.6 is 0 Å². The molecule has 68 valence electrons. The molecule has 1 atom stereocenters. The first kappa shape index (κ1) is 7.06. The number of hydrogen-bond acceptors (Lipinski definition) is 3. The molecule has 0 aliphatic carbocycles. The molecule has 3 rings (SSSR count). The van der Waals surface area contributed by atoms with Crippen molar-refractivity contribution in [3.63, 3.8) is 0 Å². The molecule has 0 bridgehead atoms. The van der Waals surface area contributed by atoms with Gasteiger partial charge in [-0.3, -0.25) is 0 Å². The number of nitrogens with one attached hydrogen (secondary N) is 2. The van der Waals surface area contributed by atoms with Crippen LogP contribution in [-0.4, -0.2) is 12.8 Å². The van der Waals surface area contributed by atoms with E-state index < -0.39 is 0 Å². The van der Waals surface area contributed by atoms with E-state index in [1.807, 2.05) is 6.07 Å². The van der Waals surface area contributed by atoms with Gasteiger partial charge in [0.1, 0.15) is 5.75 Å². The standard InChI is InChI=1S/C10H12N2O/c1-6-11-8-2-3-9-7(4-5-13-9)10(8)12-6/h2-3,6,11-12H,4-5H2,1H3. The van der Waals surface area contributed by atoms with Crippen molar-refractivity contribution in [2.24, 2.45) is 0 Å². The van der Waals surface area contributed by atoms with Gasteiger partial charge in [-0.25, -0.2) is 0 Å². The van der Waals surface area contributed by atoms with Crippen LogP contribution in [0.15, 0.2) is 12.1 Å². The van der Waals surface area contributed by atoms with Gasteiger partial charge < -0.3 is 15.4 Å². The van der Waals surface area contributed by atoms with Gasteiger partial charge in [0.25, 0.3) is 0 Å². The lowest BCUT2D eigenvalue weighted by Gasteiger charge is -2.04. The van der Waals surface area contributed by atoms with E-state index in [2.05, 4.69) is 23.6 Å². The first-order chi connectivity index (χ1) is 6.34. The van der Waals surface area contributed by atoms with Crippen LogP contribution in [0.5, 0.6) is 5.75 Å². The van der Waals surface area contributed by atoms with Gasteiger partial charge in [-0.05, 0) is 19.1 Å². The van der Waals surface area contributed by atoms with Crippen molar-refractivity contribution >= 4 is 11.4 Å². The highest BCUT2D eigenvalue weighted by Gasteiger charge is 2.24. The monoisotopic (exact) mass is 176 g/mol. The molecule has 1 unspecified atom stereocenters. The maximum atomic E-state index is 5.49. The molecule has 0 spiro atoms. The lowest BCUT2D eigenvalue weighted by atomic mass is 10.1. The third-order valence-electron chi connectivity index (χ3n) is 2.61. The molecule has 2 heterocycles. The molecule has 1 aromatic carbocycles. The van der Waals surface area contributed by atoms with Crippen LogP contribution in [0, 0.1) is 0 Å². The van der Waals surface area contributed by atoms with Crippen LogP contribution in [0.25, 0.3) is 0 Å². The minimum atomic E-state index is 0.335. The molecule has 2 N–H and O–H groups in total. The summed E-state index contributed by atoms with van der Waals surface area (Å²) in [6.45, 7) is 2.93. The van der Waals surface area contributed by atoms with E-state index in [1.165, 1.54) is 16.9 Å². The van der Waals surface area contributed by atoms with Crippen LogP contribution in [-0.2, 0) is 6.42 Å². The van der Waals surface area contributed by atoms with Crippen LogP contribution < -0.4 is 15.4 Å². The lowest BCUT2D eigenvalue weighted by Crippen LogP contribution is -2.16. The Morgan fingerprint density at radius 2 is 2.31 bits per heavy atom. The molecular formula is C10H12N2O. The molecule has 0 saturated carbocycles. The number of anilines is 2. The van der Waals surface area contributed by atoms with Gasteiger partial charge in [0.15, 0.2) is 0 Å². The molecule has 13 heavy (non-hydrogen) atoms. The Balaban J connectivity index is 2.16. The Kier molecular flexibility index (Phi) is 1.26. The Morgan fingerprint density at radius 1 is 1.38 bits per heavy atom. The maximum absolute atomic E-state index is 5.49. The Bertz CT molecular complexity index is 362. The van der Waals surface area contributed by atoms with Crippen LogP contribution in [0.2, 0.25) is 0 Å². The van der Waals surface area contributed by atoms with Crippen LogP contribution in [0.4, 0.5) is 11.4 Å². The molecule has 0 fully saturated rings. The van der Waals surface area contributed by atoms with Gasteiger partial charge in [-0.15, -0.1) is 0 Å². The summed E-state index contributed by atoms with van der Waals surface area (Å²) in [4.78, 5) is 0. The summed E-state index contributed by atoms with van der Waals surface area (Å²) in [5.74, 6) is 1.04. The fourth-order valence-electron chi connectivity index (χ4n) is 2.05. The summed E-state index contributed by atoms with van der Waals surface area (Å²) < 4.78 is 5.49. The third-order valence-corrected chi connectivity index (χ3v) is 2.61. The zero-order chi connectivity index (χ0) is 8.84. The minimum Gasteiger partial charge on any atom is -0.493 e. The SMILES string of the molecule is CC1Nc2ccc3c(c2N1)CCO3. The molecule has 0 radical (unpaired) electrons. The molecule has 3 heteroatoms. The van der Waals surface area contributed by atoms with E-state index in [9.17, 15) is 0 Å². The number of ether oxygens (including phenoxy) is 1. The summed E-state index contributed by atoms with van der Waals surface area (Å²) >= 11 is 0. The number of rotatable bonds is 0. The smallest absolute Gasteiger partial charge is 0.124 e. The predicted molar refractivity (Wildman–Crippen MR) is 52.3 cm³/mol. The number of hydrogen-bond donors (Lipinski definition) is 2. The average Bonchev–Trinajstić information content (AvgIpc) is 2.65. The van der Waals surface area contributed by atoms with Crippen molar-refractivity contribution in [2.75, 3.05) is 17.2 Å². The molecule has 1 aromatic rings. The fourth-order valence-corrected chi connectivity index (χ4v) is 2.05. The quantitative estimate of drug-likeness (QED) is 0.632. The molecular weight excluding hydrogens is 164 g/mol. The minimum absolute atomic E-state index is 0.335. The summed E-state index contributed by atoms with van der Waals surface area (Å²) in [7, 11) is 0. The maximum Gasteiger partial charge on any atom is 0.124 e. The highest BCUT2D eigenvalue weighted by atomic mass is 16.5. The largest absolute Gasteiger partial charge is 0.493 e. The molecule has 3 nitrogen and oxygen atoms in total. The zero-order valence-corrected chi connectivity index (χ0v) is 7.55. The Morgan fingerprint density at radius 3 is 3.23 bits per heavy atom. The van der Waals surface area contributed by atoms with Crippen molar-refractivity contribution in [1.82, 2.24) is 0 Å². The van der Waals surface area contributed by atoms with E-state index in [4.69, 9.17) is 4.74 Å². The topological polar surface area (TPSA) is 33.3 Å². The fraction of sp³-hybridized carbons (Fsp3) is 0.400. The molecule has 2 aliphatic heterocycles. The van der Waals surface area contributed by atoms with Gasteiger partial charge in [0.05, 0.1) is 24.1 Å². The molecule has 0 amide bonds. The predicted octanol–water partition coefficient (Wildman–Crippen LogP) is 1.80. The lowest BCUT2D eigenvalue weighted by molar-refractivity contribution is 0.357. The summed E-state index contributed by atoms with van der Waals surface area (Å²) in [5, 5.41) is 6.77. The number of fused-ring (bicyclic) bond motifs is 3. The summed E-state index contributed by atoms with van der Waals surface area (Å²) in [6, 6.07) is 4.13. The highest BCUT2D eigenvalue weighted by Crippen LogP contribution is 2.40. The van der Waals surface area contributed by atoms with Crippen molar-refractivity contribution in [3.05, 3.63) is 17.7 Å². The van der Waals surface area contributed by atoms with Crippen molar-refractivity contribution in [3.8, 4) is 5.75 Å². The van der Waals surface area contributed by atoms with Gasteiger partial charge in [-0.1, -0.05) is 0 Å². The van der Waals surface area contributed by atoms with Crippen molar-refractivity contribution in [1.29, 1.82) is 0 Å². The second-order valence-electron chi connectivity index (χ2n) is 3.57. The zero-order valence-electron chi connectivity index (χ0n) is 7.55. The van der Waals surface area contributed by atoms with E-state index in [-0.39, 0.29) is 0 Å². The third kappa shape index (κ3) is 0.899. The first-order valence-corrected chi connectivity index (χ1v) is 4.66. The molecule has 0 aromatic heterocycles. The Hall–Kier alpha value is -1.38. The van der Waals surface area contributed by atoms with Crippen molar-refractivity contribution < 1.29 is 4.74 Å². The number of benzene rings is 1. The van der Waals surface area contributed by atoms with Crippen LogP contribution in [0.3, 0.4) is 0 Å². The van der Waals surface area contributed by atoms with Gasteiger partial charge in [0.2, 0.25) is 0 Å². The Labute approximate surface area is 77.1 Å². The average molecular weight is 176 g/mol. The van der Waals surface area contributed by atoms with E-state index in [0.717, 1.165) is 18.8 Å². The highest BCUT2D eigenvalue weighted by molar-refractivity contribution is 5.80. The first-order valence-electron chi connectivity index (χ1n) is 4.66. The van der Waals surface area contributed by atoms with Crippen LogP contribution in [0.1, 0.15) is 12.5 Å². The van der Waals surface area contributed by atoms with E-state index >= 15 is 0 Å².